The second kappa shape index (κ2) is 10.6. The van der Waals surface area contributed by atoms with Gasteiger partial charge in [-0.1, -0.05) is 54.2 Å². The van der Waals surface area contributed by atoms with Crippen LogP contribution in [0, 0.1) is 13.8 Å². The van der Waals surface area contributed by atoms with E-state index in [2.05, 4.69) is 20.4 Å². The fourth-order valence-corrected chi connectivity index (χ4v) is 4.29. The summed E-state index contributed by atoms with van der Waals surface area (Å²) in [6.07, 6.45) is 0. The predicted molar refractivity (Wildman–Crippen MR) is 129 cm³/mol. The highest BCUT2D eigenvalue weighted by atomic mass is 32.2. The molecule has 0 aliphatic heterocycles. The highest BCUT2D eigenvalue weighted by Gasteiger charge is 2.13. The van der Waals surface area contributed by atoms with Gasteiger partial charge in [0, 0.05) is 35.9 Å². The van der Waals surface area contributed by atoms with Crippen molar-refractivity contribution < 1.29 is 9.53 Å². The number of aromatic nitrogens is 4. The number of ether oxygens (including phenoxy) is 1. The number of carbonyl (C=O) groups excluding carboxylic acids is 1. The average molecular weight is 462 g/mol. The zero-order valence-electron chi connectivity index (χ0n) is 19.0. The first-order chi connectivity index (χ1) is 16.0. The van der Waals surface area contributed by atoms with Gasteiger partial charge < -0.3 is 10.1 Å². The number of fused-ring (bicyclic) bond motifs is 1. The lowest BCUT2D eigenvalue weighted by Crippen LogP contribution is -2.23. The molecular weight excluding hydrogens is 434 g/mol. The van der Waals surface area contributed by atoms with E-state index in [9.17, 15) is 4.79 Å². The summed E-state index contributed by atoms with van der Waals surface area (Å²) in [5, 5.41) is 8.21. The molecule has 0 spiro atoms. The zero-order chi connectivity index (χ0) is 23.2. The van der Waals surface area contributed by atoms with E-state index in [4.69, 9.17) is 4.74 Å². The van der Waals surface area contributed by atoms with Crippen molar-refractivity contribution in [3.63, 3.8) is 0 Å². The van der Waals surface area contributed by atoms with E-state index in [0.717, 1.165) is 28.1 Å². The molecule has 0 unspecified atom stereocenters. The summed E-state index contributed by atoms with van der Waals surface area (Å²) < 4.78 is 7.17. The second-order valence-electron chi connectivity index (χ2n) is 7.73. The molecule has 0 bridgehead atoms. The normalized spacial score (nSPS) is 11.1. The first-order valence-corrected chi connectivity index (χ1v) is 11.9. The van der Waals surface area contributed by atoms with Crippen molar-refractivity contribution in [3.8, 4) is 0 Å². The van der Waals surface area contributed by atoms with Gasteiger partial charge in [-0.2, -0.15) is 4.98 Å². The first kappa shape index (κ1) is 22.9. The van der Waals surface area contributed by atoms with Gasteiger partial charge in [-0.15, -0.1) is 5.10 Å². The molecule has 0 fully saturated rings. The summed E-state index contributed by atoms with van der Waals surface area (Å²) in [5.41, 5.74) is 5.66. The third kappa shape index (κ3) is 5.77. The smallest absolute Gasteiger partial charge is 0.253 e. The Morgan fingerprint density at radius 2 is 1.82 bits per heavy atom. The Kier molecular flexibility index (Phi) is 7.36. The van der Waals surface area contributed by atoms with Gasteiger partial charge in [0.25, 0.3) is 11.7 Å². The van der Waals surface area contributed by atoms with Crippen LogP contribution in [0.3, 0.4) is 0 Å². The van der Waals surface area contributed by atoms with E-state index in [0.29, 0.717) is 42.0 Å². The average Bonchev–Trinajstić information content (AvgIpc) is 3.24. The van der Waals surface area contributed by atoms with Crippen LogP contribution in [-0.4, -0.2) is 32.1 Å². The van der Waals surface area contributed by atoms with E-state index in [1.54, 1.807) is 4.52 Å². The monoisotopic (exact) mass is 461 g/mol. The van der Waals surface area contributed by atoms with Gasteiger partial charge in [-0.05, 0) is 49.6 Å². The van der Waals surface area contributed by atoms with Gasteiger partial charge in [0.15, 0.2) is 0 Å². The number of carbonyl (C=O) groups is 1. The van der Waals surface area contributed by atoms with Crippen molar-refractivity contribution in [2.24, 2.45) is 0 Å². The highest BCUT2D eigenvalue weighted by Crippen LogP contribution is 2.23. The molecule has 2 aromatic heterocycles. The van der Waals surface area contributed by atoms with Crippen LogP contribution in [0.25, 0.3) is 5.78 Å². The molecule has 8 heteroatoms. The lowest BCUT2D eigenvalue weighted by Gasteiger charge is -2.10. The van der Waals surface area contributed by atoms with Crippen molar-refractivity contribution in [1.82, 2.24) is 24.9 Å². The minimum absolute atomic E-state index is 0.0966. The van der Waals surface area contributed by atoms with Crippen LogP contribution in [0.2, 0.25) is 0 Å². The minimum Gasteiger partial charge on any atom is -0.377 e. The maximum Gasteiger partial charge on any atom is 0.253 e. The lowest BCUT2D eigenvalue weighted by molar-refractivity contribution is 0.0950. The number of benzene rings is 2. The molecule has 0 aliphatic rings. The third-order valence-corrected chi connectivity index (χ3v) is 6.05. The molecule has 7 nitrogen and oxygen atoms in total. The number of aryl methyl sites for hydroxylation is 2. The molecule has 2 aromatic carbocycles. The van der Waals surface area contributed by atoms with Crippen molar-refractivity contribution in [2.45, 2.75) is 44.8 Å². The van der Waals surface area contributed by atoms with Crippen LogP contribution in [0.5, 0.6) is 0 Å². The quantitative estimate of drug-likeness (QED) is 0.370. The Morgan fingerprint density at radius 3 is 2.61 bits per heavy atom. The van der Waals surface area contributed by atoms with E-state index in [-0.39, 0.29) is 5.91 Å². The SMILES string of the molecule is CCOCc1ccc(CNC(=O)c2ccccc2CSc2nc3nc(C)cc(C)n3n2)cc1. The van der Waals surface area contributed by atoms with Crippen molar-refractivity contribution in [2.75, 3.05) is 6.61 Å². The van der Waals surface area contributed by atoms with Crippen LogP contribution in [0.4, 0.5) is 0 Å². The molecule has 4 aromatic rings. The Hall–Kier alpha value is -3.23. The van der Waals surface area contributed by atoms with Crippen LogP contribution in [-0.2, 0) is 23.6 Å². The molecular formula is C25H27N5O2S. The van der Waals surface area contributed by atoms with Gasteiger partial charge in [0.05, 0.1) is 6.61 Å². The molecule has 0 saturated carbocycles. The number of amides is 1. The summed E-state index contributed by atoms with van der Waals surface area (Å²) in [7, 11) is 0. The van der Waals surface area contributed by atoms with Crippen LogP contribution in [0.1, 0.15) is 45.4 Å². The fourth-order valence-electron chi connectivity index (χ4n) is 3.47. The molecule has 0 saturated heterocycles. The van der Waals surface area contributed by atoms with Crippen molar-refractivity contribution >= 4 is 23.4 Å². The zero-order valence-corrected chi connectivity index (χ0v) is 19.9. The Bertz CT molecular complexity index is 1250. The van der Waals surface area contributed by atoms with Gasteiger partial charge in [-0.3, -0.25) is 4.79 Å². The number of hydrogen-bond donors (Lipinski definition) is 1. The molecule has 1 N–H and O–H groups in total. The number of nitrogens with one attached hydrogen (secondary N) is 1. The number of thioether (sulfide) groups is 1. The molecule has 1 amide bonds. The van der Waals surface area contributed by atoms with Gasteiger partial charge in [0.2, 0.25) is 5.16 Å². The van der Waals surface area contributed by atoms with Gasteiger partial charge >= 0.3 is 0 Å². The highest BCUT2D eigenvalue weighted by molar-refractivity contribution is 7.98. The minimum atomic E-state index is -0.0966. The molecule has 0 radical (unpaired) electrons. The summed E-state index contributed by atoms with van der Waals surface area (Å²) in [6, 6.07) is 17.7. The number of nitrogens with zero attached hydrogens (tertiary/aromatic N) is 4. The van der Waals surface area contributed by atoms with E-state index in [1.165, 1.54) is 11.8 Å². The van der Waals surface area contributed by atoms with Gasteiger partial charge in [0.1, 0.15) is 0 Å². The second-order valence-corrected chi connectivity index (χ2v) is 8.67. The van der Waals surface area contributed by atoms with Crippen LogP contribution in [0.15, 0.2) is 59.8 Å². The fraction of sp³-hybridized carbons (Fsp3) is 0.280. The third-order valence-electron chi connectivity index (χ3n) is 5.17. The van der Waals surface area contributed by atoms with Crippen LogP contribution < -0.4 is 5.32 Å². The lowest BCUT2D eigenvalue weighted by atomic mass is 10.1. The maximum absolute atomic E-state index is 12.9. The molecule has 4 rings (SSSR count). The van der Waals surface area contributed by atoms with E-state index in [1.807, 2.05) is 75.4 Å². The topological polar surface area (TPSA) is 81.4 Å². The summed E-state index contributed by atoms with van der Waals surface area (Å²) in [6.45, 7) is 7.67. The largest absolute Gasteiger partial charge is 0.377 e. The number of rotatable bonds is 9. The van der Waals surface area contributed by atoms with Crippen LogP contribution >= 0.6 is 11.8 Å². The standard InChI is InChI=1S/C25H27N5O2S/c1-4-32-15-20-11-9-19(10-12-20)14-26-23(31)22-8-6-5-7-21(22)16-33-25-28-24-27-17(2)13-18(3)30(24)29-25/h5-13H,4,14-16H2,1-3H3,(H,26,31). The summed E-state index contributed by atoms with van der Waals surface area (Å²) in [5.74, 6) is 1.08. The van der Waals surface area contributed by atoms with E-state index < -0.39 is 0 Å². The van der Waals surface area contributed by atoms with Crippen molar-refractivity contribution in [3.05, 3.63) is 88.2 Å². The van der Waals surface area contributed by atoms with Crippen molar-refractivity contribution in [1.29, 1.82) is 0 Å². The molecule has 0 aliphatic carbocycles. The molecule has 33 heavy (non-hydrogen) atoms. The Morgan fingerprint density at radius 1 is 1.06 bits per heavy atom. The molecule has 170 valence electrons. The predicted octanol–water partition coefficient (Wildman–Crippen LogP) is 4.50. The first-order valence-electron chi connectivity index (χ1n) is 10.9. The summed E-state index contributed by atoms with van der Waals surface area (Å²) in [4.78, 5) is 21.9. The molecule has 2 heterocycles. The molecule has 0 atom stereocenters. The van der Waals surface area contributed by atoms with Gasteiger partial charge in [-0.25, -0.2) is 9.50 Å². The number of hydrogen-bond acceptors (Lipinski definition) is 6. The summed E-state index contributed by atoms with van der Waals surface area (Å²) >= 11 is 1.49. The van der Waals surface area contributed by atoms with E-state index >= 15 is 0 Å². The Balaban J connectivity index is 1.39. The maximum atomic E-state index is 12.9. The Labute approximate surface area is 197 Å².